The summed E-state index contributed by atoms with van der Waals surface area (Å²) in [5.74, 6) is 2.51. The van der Waals surface area contributed by atoms with Crippen LogP contribution in [-0.2, 0) is 0 Å². The summed E-state index contributed by atoms with van der Waals surface area (Å²) >= 11 is 1.88. The molecule has 4 atom stereocenters. The predicted molar refractivity (Wildman–Crippen MR) is 93.9 cm³/mol. The van der Waals surface area contributed by atoms with Crippen molar-refractivity contribution in [1.82, 2.24) is 10.2 Å². The minimum Gasteiger partial charge on any atom is -0.317 e. The molecule has 1 N–H and O–H groups in total. The van der Waals surface area contributed by atoms with Crippen LogP contribution in [0.4, 0.5) is 0 Å². The maximum absolute atomic E-state index is 3.57. The monoisotopic (exact) mass is 308 g/mol. The second-order valence-electron chi connectivity index (χ2n) is 7.10. The van der Waals surface area contributed by atoms with Gasteiger partial charge in [0.1, 0.15) is 0 Å². The van der Waals surface area contributed by atoms with Crippen molar-refractivity contribution in [2.75, 3.05) is 20.6 Å². The fraction of sp³-hybridized carbons (Fsp3) is 0.778. The van der Waals surface area contributed by atoms with Gasteiger partial charge in [-0.15, -0.1) is 11.3 Å². The molecule has 1 saturated carbocycles. The quantitative estimate of drug-likeness (QED) is 0.838. The smallest absolute Gasteiger partial charge is 0.0410 e. The zero-order valence-electron chi connectivity index (χ0n) is 14.3. The van der Waals surface area contributed by atoms with Crippen LogP contribution in [0.2, 0.25) is 0 Å². The lowest BCUT2D eigenvalue weighted by molar-refractivity contribution is 0.121. The van der Waals surface area contributed by atoms with E-state index in [1.54, 1.807) is 0 Å². The first-order chi connectivity index (χ1) is 10.0. The molecule has 3 heteroatoms. The van der Waals surface area contributed by atoms with E-state index in [0.717, 1.165) is 17.8 Å². The molecule has 0 spiro atoms. The Morgan fingerprint density at radius 3 is 2.67 bits per heavy atom. The summed E-state index contributed by atoms with van der Waals surface area (Å²) in [6, 6.07) is 5.65. The lowest BCUT2D eigenvalue weighted by Crippen LogP contribution is -2.44. The molecule has 0 radical (unpaired) electrons. The third-order valence-electron chi connectivity index (χ3n) is 5.48. The Labute approximate surface area is 134 Å². The highest BCUT2D eigenvalue weighted by Gasteiger charge is 2.32. The van der Waals surface area contributed by atoms with Crippen LogP contribution in [0.15, 0.2) is 17.5 Å². The van der Waals surface area contributed by atoms with Crippen LogP contribution < -0.4 is 5.32 Å². The molecule has 1 aromatic rings. The predicted octanol–water partition coefficient (Wildman–Crippen LogP) is 4.40. The zero-order chi connectivity index (χ0) is 15.4. The molecule has 4 unspecified atom stereocenters. The average Bonchev–Trinajstić information content (AvgIpc) is 3.00. The van der Waals surface area contributed by atoms with Gasteiger partial charge >= 0.3 is 0 Å². The van der Waals surface area contributed by atoms with Crippen LogP contribution in [0.5, 0.6) is 0 Å². The molecule has 21 heavy (non-hydrogen) atoms. The molecule has 2 rings (SSSR count). The number of thiophene rings is 1. The topological polar surface area (TPSA) is 15.3 Å². The number of nitrogens with one attached hydrogen (secondary N) is 1. The molecular formula is C18H32N2S. The molecule has 0 bridgehead atoms. The Morgan fingerprint density at radius 2 is 2.10 bits per heavy atom. The Bertz CT molecular complexity index is 401. The van der Waals surface area contributed by atoms with Gasteiger partial charge in [-0.2, -0.15) is 0 Å². The van der Waals surface area contributed by atoms with Crippen LogP contribution in [0.3, 0.4) is 0 Å². The Hall–Kier alpha value is -0.380. The number of hydrogen-bond acceptors (Lipinski definition) is 3. The lowest BCUT2D eigenvalue weighted by Gasteiger charge is -2.40. The van der Waals surface area contributed by atoms with Gasteiger partial charge in [0.05, 0.1) is 0 Å². The highest BCUT2D eigenvalue weighted by molar-refractivity contribution is 7.10. The maximum Gasteiger partial charge on any atom is 0.0410 e. The van der Waals surface area contributed by atoms with Crippen molar-refractivity contribution in [3.8, 4) is 0 Å². The van der Waals surface area contributed by atoms with Gasteiger partial charge in [-0.1, -0.05) is 19.9 Å². The zero-order valence-corrected chi connectivity index (χ0v) is 15.1. The van der Waals surface area contributed by atoms with Crippen LogP contribution in [0, 0.1) is 17.8 Å². The average molecular weight is 309 g/mol. The van der Waals surface area contributed by atoms with Gasteiger partial charge in [0, 0.05) is 23.5 Å². The first kappa shape index (κ1) is 17.0. The molecule has 1 fully saturated rings. The van der Waals surface area contributed by atoms with Crippen molar-refractivity contribution in [2.24, 2.45) is 17.8 Å². The first-order valence-electron chi connectivity index (χ1n) is 8.43. The summed E-state index contributed by atoms with van der Waals surface area (Å²) in [5.41, 5.74) is 0. The summed E-state index contributed by atoms with van der Waals surface area (Å²) < 4.78 is 0. The molecule has 2 nitrogen and oxygen atoms in total. The van der Waals surface area contributed by atoms with Crippen molar-refractivity contribution >= 4 is 11.3 Å². The van der Waals surface area contributed by atoms with Gasteiger partial charge < -0.3 is 5.32 Å². The molecule has 1 aliphatic rings. The number of nitrogens with zero attached hydrogens (tertiary/aromatic N) is 1. The molecule has 0 aromatic carbocycles. The van der Waals surface area contributed by atoms with Crippen molar-refractivity contribution in [3.05, 3.63) is 22.4 Å². The molecule has 1 aromatic heterocycles. The molecule has 1 heterocycles. The minimum absolute atomic E-state index is 0.530. The fourth-order valence-electron chi connectivity index (χ4n) is 3.76. The lowest BCUT2D eigenvalue weighted by atomic mass is 9.73. The molecule has 120 valence electrons. The largest absolute Gasteiger partial charge is 0.317 e. The second-order valence-corrected chi connectivity index (χ2v) is 8.08. The van der Waals surface area contributed by atoms with E-state index >= 15 is 0 Å². The van der Waals surface area contributed by atoms with Crippen molar-refractivity contribution in [1.29, 1.82) is 0 Å². The standard InChI is InChI=1S/C18H32N2S/c1-13(2)15-8-9-17(19-4)16(11-15)12-20(5)14(3)18-7-6-10-21-18/h6-7,10,13-17,19H,8-9,11-12H2,1-5H3. The Balaban J connectivity index is 1.97. The molecule has 0 amide bonds. The van der Waals surface area contributed by atoms with E-state index in [1.165, 1.54) is 30.7 Å². The third-order valence-corrected chi connectivity index (χ3v) is 6.52. The number of hydrogen-bond donors (Lipinski definition) is 1. The van der Waals surface area contributed by atoms with E-state index in [9.17, 15) is 0 Å². The molecule has 0 aliphatic heterocycles. The highest BCUT2D eigenvalue weighted by Crippen LogP contribution is 2.35. The third kappa shape index (κ3) is 4.30. The summed E-state index contributed by atoms with van der Waals surface area (Å²) in [4.78, 5) is 4.03. The van der Waals surface area contributed by atoms with Crippen LogP contribution >= 0.6 is 11.3 Å². The van der Waals surface area contributed by atoms with Gasteiger partial charge in [-0.05, 0) is 69.5 Å². The van der Waals surface area contributed by atoms with Gasteiger partial charge in [-0.3, -0.25) is 4.90 Å². The summed E-state index contributed by atoms with van der Waals surface area (Å²) in [7, 11) is 4.42. The van der Waals surface area contributed by atoms with Crippen LogP contribution in [0.25, 0.3) is 0 Å². The van der Waals surface area contributed by atoms with E-state index in [-0.39, 0.29) is 0 Å². The van der Waals surface area contributed by atoms with E-state index in [4.69, 9.17) is 0 Å². The van der Waals surface area contributed by atoms with E-state index in [0.29, 0.717) is 12.1 Å². The highest BCUT2D eigenvalue weighted by atomic mass is 32.1. The normalized spacial score (nSPS) is 28.2. The summed E-state index contributed by atoms with van der Waals surface area (Å²) in [6.45, 7) is 8.32. The van der Waals surface area contributed by atoms with Gasteiger partial charge in [0.2, 0.25) is 0 Å². The second kappa shape index (κ2) is 7.75. The van der Waals surface area contributed by atoms with Gasteiger partial charge in [-0.25, -0.2) is 0 Å². The van der Waals surface area contributed by atoms with Gasteiger partial charge in [0.15, 0.2) is 0 Å². The Kier molecular flexibility index (Phi) is 6.27. The number of rotatable bonds is 6. The van der Waals surface area contributed by atoms with Crippen LogP contribution in [-0.4, -0.2) is 31.6 Å². The van der Waals surface area contributed by atoms with E-state index < -0.39 is 0 Å². The first-order valence-corrected chi connectivity index (χ1v) is 9.31. The SMILES string of the molecule is CNC1CCC(C(C)C)CC1CN(C)C(C)c1cccs1. The van der Waals surface area contributed by atoms with Gasteiger partial charge in [0.25, 0.3) is 0 Å². The van der Waals surface area contributed by atoms with Crippen LogP contribution in [0.1, 0.15) is 51.0 Å². The summed E-state index contributed by atoms with van der Waals surface area (Å²) in [6.07, 6.45) is 4.11. The van der Waals surface area contributed by atoms with E-state index in [2.05, 4.69) is 62.6 Å². The van der Waals surface area contributed by atoms with Crippen molar-refractivity contribution < 1.29 is 0 Å². The maximum atomic E-state index is 3.57. The molecule has 0 saturated heterocycles. The summed E-state index contributed by atoms with van der Waals surface area (Å²) in [5, 5.41) is 5.75. The van der Waals surface area contributed by atoms with Crippen molar-refractivity contribution in [3.63, 3.8) is 0 Å². The Morgan fingerprint density at radius 1 is 1.33 bits per heavy atom. The minimum atomic E-state index is 0.530. The fourth-order valence-corrected chi connectivity index (χ4v) is 4.61. The molecular weight excluding hydrogens is 276 g/mol. The van der Waals surface area contributed by atoms with E-state index in [1.807, 2.05) is 11.3 Å². The molecule has 1 aliphatic carbocycles. The van der Waals surface area contributed by atoms with Crippen molar-refractivity contribution in [2.45, 2.75) is 52.1 Å².